The summed E-state index contributed by atoms with van der Waals surface area (Å²) >= 11 is 0. The number of allylic oxidation sites excluding steroid dienone is 2. The standard InChI is InChI=1S/C3H2Si2/c4-3(5)1-2-3/h1-2H. The smallest absolute Gasteiger partial charge is 0.0372 e. The minimum atomic E-state index is 0.111. The zero-order chi connectivity index (χ0) is 3.91. The Labute approximate surface area is 38.1 Å². The lowest BCUT2D eigenvalue weighted by Crippen LogP contribution is -1.86. The van der Waals surface area contributed by atoms with E-state index < -0.39 is 0 Å². The first kappa shape index (κ1) is 3.37. The monoisotopic (exact) mass is 94.0 g/mol. The summed E-state index contributed by atoms with van der Waals surface area (Å²) < 4.78 is 0.111. The Balaban J connectivity index is 2.47. The van der Waals surface area contributed by atoms with Crippen LogP contribution in [-0.4, -0.2) is 20.5 Å². The molecule has 0 N–H and O–H groups in total. The molecule has 1 rings (SSSR count). The van der Waals surface area contributed by atoms with Crippen molar-refractivity contribution in [3.8, 4) is 0 Å². The second kappa shape index (κ2) is 0.629. The van der Waals surface area contributed by atoms with Crippen LogP contribution in [0.5, 0.6) is 0 Å². The summed E-state index contributed by atoms with van der Waals surface area (Å²) in [5.41, 5.74) is 0. The van der Waals surface area contributed by atoms with Crippen molar-refractivity contribution in [2.45, 2.75) is 4.66 Å². The highest BCUT2D eigenvalue weighted by Gasteiger charge is 2.19. The van der Waals surface area contributed by atoms with Gasteiger partial charge in [0.2, 0.25) is 0 Å². The lowest BCUT2D eigenvalue weighted by atomic mass is 10.8. The van der Waals surface area contributed by atoms with Crippen molar-refractivity contribution in [3.05, 3.63) is 12.2 Å². The van der Waals surface area contributed by atoms with Gasteiger partial charge in [0.1, 0.15) is 0 Å². The Morgan fingerprint density at radius 2 is 1.40 bits per heavy atom. The van der Waals surface area contributed by atoms with Crippen molar-refractivity contribution in [2.24, 2.45) is 0 Å². The van der Waals surface area contributed by atoms with Gasteiger partial charge in [-0.15, -0.1) is 0 Å². The molecule has 6 radical (unpaired) electrons. The van der Waals surface area contributed by atoms with Crippen LogP contribution < -0.4 is 0 Å². The van der Waals surface area contributed by atoms with Crippen molar-refractivity contribution in [2.75, 3.05) is 0 Å². The largest absolute Gasteiger partial charge is 0.0854 e. The lowest BCUT2D eigenvalue weighted by molar-refractivity contribution is 1.49. The van der Waals surface area contributed by atoms with E-state index in [4.69, 9.17) is 0 Å². The third-order valence-electron chi connectivity index (χ3n) is 0.500. The fourth-order valence-electron chi connectivity index (χ4n) is 0.0833. The molecule has 0 amide bonds. The summed E-state index contributed by atoms with van der Waals surface area (Å²) in [5.74, 6) is 0. The molecule has 0 aromatic rings. The molecule has 2 heteroatoms. The molecule has 0 nitrogen and oxygen atoms in total. The van der Waals surface area contributed by atoms with Crippen LogP contribution in [-0.2, 0) is 0 Å². The number of hydrogen-bond acceptors (Lipinski definition) is 0. The molecule has 0 saturated carbocycles. The third-order valence-corrected chi connectivity index (χ3v) is 1.17. The molecular weight excluding hydrogens is 92.2 g/mol. The molecule has 0 unspecified atom stereocenters. The Hall–Kier alpha value is 0.174. The fraction of sp³-hybridized carbons (Fsp3) is 0.333. The third kappa shape index (κ3) is 0.737. The Morgan fingerprint density at radius 1 is 1.20 bits per heavy atom. The van der Waals surface area contributed by atoms with Crippen molar-refractivity contribution < 1.29 is 0 Å². The van der Waals surface area contributed by atoms with E-state index in [9.17, 15) is 0 Å². The van der Waals surface area contributed by atoms with Gasteiger partial charge in [-0.25, -0.2) is 0 Å². The molecule has 0 aromatic heterocycles. The summed E-state index contributed by atoms with van der Waals surface area (Å²) in [4.78, 5) is 0. The molecule has 0 fully saturated rings. The van der Waals surface area contributed by atoms with Gasteiger partial charge >= 0.3 is 0 Å². The summed E-state index contributed by atoms with van der Waals surface area (Å²) in [7, 11) is 6.67. The van der Waals surface area contributed by atoms with Crippen LogP contribution in [0, 0.1) is 0 Å². The van der Waals surface area contributed by atoms with E-state index in [1.54, 1.807) is 0 Å². The zero-order valence-electron chi connectivity index (χ0n) is 2.65. The number of hydrogen-bond donors (Lipinski definition) is 0. The normalized spacial score (nSPS) is 26.8. The molecule has 1 aliphatic rings. The van der Waals surface area contributed by atoms with Gasteiger partial charge in [0.05, 0.1) is 0 Å². The predicted molar refractivity (Wildman–Crippen MR) is 23.3 cm³/mol. The lowest BCUT2D eigenvalue weighted by Gasteiger charge is -1.87. The summed E-state index contributed by atoms with van der Waals surface area (Å²) in [6.45, 7) is 0. The average Bonchev–Trinajstić information content (AvgIpc) is 1.76. The van der Waals surface area contributed by atoms with Gasteiger partial charge in [-0.05, 0) is 4.66 Å². The van der Waals surface area contributed by atoms with Crippen LogP contribution >= 0.6 is 0 Å². The van der Waals surface area contributed by atoms with Gasteiger partial charge in [-0.1, -0.05) is 12.2 Å². The fourth-order valence-corrected chi connectivity index (χ4v) is 0.250. The highest BCUT2D eigenvalue weighted by Crippen LogP contribution is 2.32. The first-order chi connectivity index (χ1) is 2.21. The van der Waals surface area contributed by atoms with Crippen LogP contribution in [0.4, 0.5) is 0 Å². The minimum Gasteiger partial charge on any atom is -0.0854 e. The zero-order valence-corrected chi connectivity index (χ0v) is 4.65. The van der Waals surface area contributed by atoms with Crippen LogP contribution in [0.15, 0.2) is 12.2 Å². The van der Waals surface area contributed by atoms with Gasteiger partial charge in [0.15, 0.2) is 0 Å². The highest BCUT2D eigenvalue weighted by atomic mass is 28.2. The molecule has 0 heterocycles. The molecule has 22 valence electrons. The van der Waals surface area contributed by atoms with E-state index >= 15 is 0 Å². The van der Waals surface area contributed by atoms with Crippen LogP contribution in [0.2, 0.25) is 4.66 Å². The van der Waals surface area contributed by atoms with E-state index in [0.717, 1.165) is 0 Å². The van der Waals surface area contributed by atoms with E-state index in [-0.39, 0.29) is 4.66 Å². The highest BCUT2D eigenvalue weighted by molar-refractivity contribution is 6.45. The van der Waals surface area contributed by atoms with Crippen molar-refractivity contribution >= 4 is 20.5 Å². The second-order valence-corrected chi connectivity index (χ2v) is 3.36. The molecule has 0 saturated heterocycles. The molecule has 0 aliphatic heterocycles. The van der Waals surface area contributed by atoms with E-state index in [1.165, 1.54) is 0 Å². The molecule has 1 aliphatic carbocycles. The molecular formula is C3H2Si2. The molecule has 0 bridgehead atoms. The average molecular weight is 94.2 g/mol. The van der Waals surface area contributed by atoms with Crippen LogP contribution in [0.25, 0.3) is 0 Å². The summed E-state index contributed by atoms with van der Waals surface area (Å²) in [6, 6.07) is 0. The number of rotatable bonds is 0. The van der Waals surface area contributed by atoms with Crippen molar-refractivity contribution in [1.82, 2.24) is 0 Å². The van der Waals surface area contributed by atoms with Crippen LogP contribution in [0.3, 0.4) is 0 Å². The van der Waals surface area contributed by atoms with E-state index in [1.807, 2.05) is 12.2 Å². The molecule has 0 spiro atoms. The predicted octanol–water partition coefficient (Wildman–Crippen LogP) is 0.00940. The van der Waals surface area contributed by atoms with Gasteiger partial charge in [-0.2, -0.15) is 0 Å². The minimum absolute atomic E-state index is 0.111. The summed E-state index contributed by atoms with van der Waals surface area (Å²) in [6.07, 6.45) is 4.03. The van der Waals surface area contributed by atoms with Gasteiger partial charge in [0.25, 0.3) is 0 Å². The summed E-state index contributed by atoms with van der Waals surface area (Å²) in [5, 5.41) is 0. The van der Waals surface area contributed by atoms with Crippen molar-refractivity contribution in [3.63, 3.8) is 0 Å². The Bertz CT molecular complexity index is 65.0. The first-order valence-corrected chi connectivity index (χ1v) is 2.41. The van der Waals surface area contributed by atoms with E-state index in [0.29, 0.717) is 0 Å². The van der Waals surface area contributed by atoms with Gasteiger partial charge in [-0.3, -0.25) is 0 Å². The molecule has 0 aromatic carbocycles. The van der Waals surface area contributed by atoms with Gasteiger partial charge in [0, 0.05) is 20.5 Å². The molecule has 0 atom stereocenters. The maximum atomic E-state index is 3.33. The topological polar surface area (TPSA) is 0 Å². The Morgan fingerprint density at radius 3 is 1.40 bits per heavy atom. The van der Waals surface area contributed by atoms with Crippen LogP contribution in [0.1, 0.15) is 0 Å². The quantitative estimate of drug-likeness (QED) is 0.293. The second-order valence-electron chi connectivity index (χ2n) is 1.20. The van der Waals surface area contributed by atoms with E-state index in [2.05, 4.69) is 20.5 Å². The van der Waals surface area contributed by atoms with Gasteiger partial charge < -0.3 is 0 Å². The maximum Gasteiger partial charge on any atom is 0.0372 e. The SMILES string of the molecule is [Si]C1([Si])C=C1. The van der Waals surface area contributed by atoms with Crippen molar-refractivity contribution in [1.29, 1.82) is 0 Å². The molecule has 5 heavy (non-hydrogen) atoms. The first-order valence-electron chi connectivity index (χ1n) is 1.41. The Kier molecular flexibility index (Phi) is 0.424. The maximum absolute atomic E-state index is 3.33.